The lowest BCUT2D eigenvalue weighted by Gasteiger charge is -2.07. The van der Waals surface area contributed by atoms with Crippen LogP contribution in [0, 0.1) is 13.8 Å². The number of ether oxygens (including phenoxy) is 1. The van der Waals surface area contributed by atoms with Crippen molar-refractivity contribution in [2.24, 2.45) is 5.73 Å². The summed E-state index contributed by atoms with van der Waals surface area (Å²) >= 11 is 0. The minimum absolute atomic E-state index is 0.0616. The monoisotopic (exact) mass is 268 g/mol. The maximum absolute atomic E-state index is 11.7. The van der Waals surface area contributed by atoms with Crippen LogP contribution in [0.4, 0.5) is 4.79 Å². The SMILES string of the molecule is Cc1cc(=O)oc(C)c1C(=O)OCC(=O)NC(N)=O. The van der Waals surface area contributed by atoms with Crippen molar-refractivity contribution in [3.63, 3.8) is 0 Å². The molecule has 0 spiro atoms. The summed E-state index contributed by atoms with van der Waals surface area (Å²) in [6.07, 6.45) is 0. The van der Waals surface area contributed by atoms with Gasteiger partial charge in [-0.1, -0.05) is 0 Å². The fraction of sp³-hybridized carbons (Fsp3) is 0.273. The highest BCUT2D eigenvalue weighted by Crippen LogP contribution is 2.12. The normalized spacial score (nSPS) is 9.79. The Morgan fingerprint density at radius 3 is 2.53 bits per heavy atom. The summed E-state index contributed by atoms with van der Waals surface area (Å²) in [4.78, 5) is 44.2. The van der Waals surface area contributed by atoms with E-state index >= 15 is 0 Å². The Bertz CT molecular complexity index is 563. The number of carbonyl (C=O) groups is 3. The van der Waals surface area contributed by atoms with Gasteiger partial charge >= 0.3 is 17.6 Å². The summed E-state index contributed by atoms with van der Waals surface area (Å²) in [6.45, 7) is 2.29. The molecule has 3 amide bonds. The molecule has 1 heterocycles. The molecule has 19 heavy (non-hydrogen) atoms. The van der Waals surface area contributed by atoms with Gasteiger partial charge in [0, 0.05) is 6.07 Å². The van der Waals surface area contributed by atoms with E-state index in [1.165, 1.54) is 13.8 Å². The summed E-state index contributed by atoms with van der Waals surface area (Å²) in [5.41, 5.74) is 4.56. The van der Waals surface area contributed by atoms with E-state index in [4.69, 9.17) is 10.2 Å². The zero-order chi connectivity index (χ0) is 14.6. The van der Waals surface area contributed by atoms with E-state index in [1.807, 2.05) is 0 Å². The van der Waals surface area contributed by atoms with Gasteiger partial charge in [0.05, 0.1) is 0 Å². The van der Waals surface area contributed by atoms with Gasteiger partial charge in [0.25, 0.3) is 5.91 Å². The Morgan fingerprint density at radius 1 is 1.37 bits per heavy atom. The third-order valence-corrected chi connectivity index (χ3v) is 2.14. The van der Waals surface area contributed by atoms with Gasteiger partial charge in [-0.3, -0.25) is 10.1 Å². The molecular weight excluding hydrogens is 256 g/mol. The average molecular weight is 268 g/mol. The number of aryl methyl sites for hydroxylation is 2. The number of rotatable bonds is 3. The number of amides is 3. The van der Waals surface area contributed by atoms with Gasteiger partial charge < -0.3 is 14.9 Å². The first-order valence-corrected chi connectivity index (χ1v) is 5.19. The Balaban J connectivity index is 2.77. The number of esters is 1. The Labute approximate surface area is 107 Å². The topological polar surface area (TPSA) is 129 Å². The highest BCUT2D eigenvalue weighted by molar-refractivity contribution is 5.97. The number of nitrogens with two attached hydrogens (primary N) is 1. The number of urea groups is 1. The van der Waals surface area contributed by atoms with E-state index in [0.717, 1.165) is 6.07 Å². The van der Waals surface area contributed by atoms with E-state index in [2.05, 4.69) is 4.74 Å². The van der Waals surface area contributed by atoms with Gasteiger partial charge in [-0.2, -0.15) is 0 Å². The van der Waals surface area contributed by atoms with Crippen molar-refractivity contribution >= 4 is 17.9 Å². The molecule has 0 saturated carbocycles. The zero-order valence-electron chi connectivity index (χ0n) is 10.3. The molecule has 1 rings (SSSR count). The van der Waals surface area contributed by atoms with Crippen molar-refractivity contribution in [2.75, 3.05) is 6.61 Å². The first-order valence-electron chi connectivity index (χ1n) is 5.19. The first-order chi connectivity index (χ1) is 8.81. The van der Waals surface area contributed by atoms with Crippen LogP contribution in [0.2, 0.25) is 0 Å². The lowest BCUT2D eigenvalue weighted by Crippen LogP contribution is -2.37. The quantitative estimate of drug-likeness (QED) is 0.718. The van der Waals surface area contributed by atoms with E-state index in [-0.39, 0.29) is 11.3 Å². The molecule has 0 aromatic carbocycles. The van der Waals surface area contributed by atoms with E-state index in [0.29, 0.717) is 5.56 Å². The van der Waals surface area contributed by atoms with Crippen LogP contribution in [-0.2, 0) is 9.53 Å². The summed E-state index contributed by atoms with van der Waals surface area (Å²) in [5, 5.41) is 1.74. The number of carbonyl (C=O) groups excluding carboxylic acids is 3. The van der Waals surface area contributed by atoms with Crippen LogP contribution in [-0.4, -0.2) is 24.5 Å². The molecule has 0 unspecified atom stereocenters. The van der Waals surface area contributed by atoms with Gasteiger partial charge in [-0.05, 0) is 19.4 Å². The second-order valence-corrected chi connectivity index (χ2v) is 3.67. The molecule has 0 atom stereocenters. The standard InChI is InChI=1S/C11H12N2O6/c1-5-3-8(15)19-6(2)9(5)10(16)18-4-7(14)13-11(12)17/h3H,4H2,1-2H3,(H3,12,13,14,17). The van der Waals surface area contributed by atoms with Gasteiger partial charge in [0.1, 0.15) is 11.3 Å². The molecule has 0 saturated heterocycles. The van der Waals surface area contributed by atoms with Crippen molar-refractivity contribution in [2.45, 2.75) is 13.8 Å². The van der Waals surface area contributed by atoms with Crippen LogP contribution in [0.5, 0.6) is 0 Å². The predicted octanol–water partition coefficient (Wildman–Crippen LogP) is -0.392. The van der Waals surface area contributed by atoms with E-state index in [1.54, 1.807) is 5.32 Å². The van der Waals surface area contributed by atoms with Crippen molar-refractivity contribution in [1.29, 1.82) is 0 Å². The van der Waals surface area contributed by atoms with Crippen molar-refractivity contribution in [1.82, 2.24) is 5.32 Å². The van der Waals surface area contributed by atoms with Crippen molar-refractivity contribution in [3.8, 4) is 0 Å². The molecule has 0 radical (unpaired) electrons. The Morgan fingerprint density at radius 2 is 2.00 bits per heavy atom. The predicted molar refractivity (Wildman–Crippen MR) is 62.5 cm³/mol. The first kappa shape index (κ1) is 14.4. The third-order valence-electron chi connectivity index (χ3n) is 2.14. The van der Waals surface area contributed by atoms with E-state index < -0.39 is 30.1 Å². The van der Waals surface area contributed by atoms with Crippen LogP contribution in [0.3, 0.4) is 0 Å². The summed E-state index contributed by atoms with van der Waals surface area (Å²) in [6, 6.07) is 0.0895. The number of hydrogen-bond donors (Lipinski definition) is 2. The molecule has 1 aromatic heterocycles. The maximum atomic E-state index is 11.7. The summed E-state index contributed by atoms with van der Waals surface area (Å²) in [5.74, 6) is -1.60. The smallest absolute Gasteiger partial charge is 0.342 e. The molecule has 8 nitrogen and oxygen atoms in total. The highest BCUT2D eigenvalue weighted by Gasteiger charge is 2.18. The van der Waals surface area contributed by atoms with Gasteiger partial charge in [-0.25, -0.2) is 14.4 Å². The van der Waals surface area contributed by atoms with Crippen molar-refractivity contribution in [3.05, 3.63) is 33.4 Å². The fourth-order valence-electron chi connectivity index (χ4n) is 1.44. The Hall–Kier alpha value is -2.64. The fourth-order valence-corrected chi connectivity index (χ4v) is 1.44. The lowest BCUT2D eigenvalue weighted by molar-refractivity contribution is -0.123. The van der Waals surface area contributed by atoms with Crippen LogP contribution < -0.4 is 16.7 Å². The number of hydrogen-bond acceptors (Lipinski definition) is 6. The number of nitrogens with one attached hydrogen (secondary N) is 1. The molecule has 102 valence electrons. The lowest BCUT2D eigenvalue weighted by atomic mass is 10.1. The minimum Gasteiger partial charge on any atom is -0.452 e. The summed E-state index contributed by atoms with van der Waals surface area (Å²) in [7, 11) is 0. The van der Waals surface area contributed by atoms with Gasteiger partial charge in [0.2, 0.25) is 0 Å². The van der Waals surface area contributed by atoms with Crippen LogP contribution in [0.15, 0.2) is 15.3 Å². The number of imide groups is 1. The summed E-state index contributed by atoms with van der Waals surface area (Å²) < 4.78 is 9.42. The van der Waals surface area contributed by atoms with Crippen LogP contribution in [0.25, 0.3) is 0 Å². The Kier molecular flexibility index (Phi) is 4.41. The molecule has 0 bridgehead atoms. The molecule has 0 fully saturated rings. The molecule has 8 heteroatoms. The zero-order valence-corrected chi connectivity index (χ0v) is 10.3. The largest absolute Gasteiger partial charge is 0.452 e. The molecule has 0 aliphatic rings. The molecule has 0 aliphatic heterocycles. The molecule has 0 aliphatic carbocycles. The van der Waals surface area contributed by atoms with E-state index in [9.17, 15) is 19.2 Å². The minimum atomic E-state index is -1.04. The van der Waals surface area contributed by atoms with Gasteiger partial charge in [-0.15, -0.1) is 0 Å². The second-order valence-electron chi connectivity index (χ2n) is 3.67. The van der Waals surface area contributed by atoms with Gasteiger partial charge in [0.15, 0.2) is 6.61 Å². The van der Waals surface area contributed by atoms with Crippen LogP contribution in [0.1, 0.15) is 21.7 Å². The number of primary amides is 1. The highest BCUT2D eigenvalue weighted by atomic mass is 16.5. The third kappa shape index (κ3) is 3.95. The maximum Gasteiger partial charge on any atom is 0.342 e. The average Bonchev–Trinajstić information content (AvgIpc) is 2.23. The molecular formula is C11H12N2O6. The second kappa shape index (κ2) is 5.80. The molecule has 3 N–H and O–H groups in total. The molecule has 1 aromatic rings. The van der Waals surface area contributed by atoms with Crippen molar-refractivity contribution < 1.29 is 23.5 Å². The van der Waals surface area contributed by atoms with Crippen LogP contribution >= 0.6 is 0 Å².